The molecule has 0 N–H and O–H groups in total. The predicted molar refractivity (Wildman–Crippen MR) is 177 cm³/mol. The minimum atomic E-state index is -0.232. The Morgan fingerprint density at radius 2 is 1.59 bits per heavy atom. The van der Waals surface area contributed by atoms with Crippen molar-refractivity contribution in [3.63, 3.8) is 0 Å². The van der Waals surface area contributed by atoms with Crippen LogP contribution in [0, 0.1) is 25.6 Å². The maximum Gasteiger partial charge on any atom is 0.228 e. The molecule has 7 heteroatoms. The van der Waals surface area contributed by atoms with Gasteiger partial charge in [0.05, 0.1) is 12.0 Å². The lowest BCUT2D eigenvalue weighted by molar-refractivity contribution is -0.140. The summed E-state index contributed by atoms with van der Waals surface area (Å²) in [6, 6.07) is 9.72. The van der Waals surface area contributed by atoms with E-state index in [0.717, 1.165) is 53.9 Å². The Labute approximate surface area is 269 Å². The van der Waals surface area contributed by atoms with Crippen molar-refractivity contribution < 1.29 is 14.0 Å². The van der Waals surface area contributed by atoms with E-state index in [1.165, 1.54) is 17.2 Å². The lowest BCUT2D eigenvalue weighted by Crippen LogP contribution is -2.50. The summed E-state index contributed by atoms with van der Waals surface area (Å²) in [5.74, 6) is 0.254. The highest BCUT2D eigenvalue weighted by Crippen LogP contribution is 2.48. The molecule has 0 spiro atoms. The van der Waals surface area contributed by atoms with Crippen LogP contribution in [0.2, 0.25) is 5.02 Å². The number of piperidine rings is 1. The molecule has 3 heterocycles. The molecule has 0 aromatic heterocycles. The SMILES string of the molecule is CC(=O)N(C(C)C)C(C)c1cc(C)c(Cl)cc1C1CC2CCC(C1)N2C(=O)C1CN(C(C)(C)C)C[C@H]1c1ccc(F)cc1C. The van der Waals surface area contributed by atoms with Crippen molar-refractivity contribution in [1.29, 1.82) is 0 Å². The van der Waals surface area contributed by atoms with Crippen LogP contribution in [0.5, 0.6) is 0 Å². The minimum absolute atomic E-state index is 0.0383. The number of halogens is 2. The second kappa shape index (κ2) is 12.4. The molecular weight excluding hydrogens is 573 g/mol. The smallest absolute Gasteiger partial charge is 0.228 e. The number of benzene rings is 2. The van der Waals surface area contributed by atoms with Crippen molar-refractivity contribution in [2.45, 2.75) is 130 Å². The maximum absolute atomic E-state index is 14.6. The molecular formula is C37H51ClFN3O2. The molecule has 3 saturated heterocycles. The molecule has 3 aliphatic rings. The Kier molecular flexibility index (Phi) is 9.28. The van der Waals surface area contributed by atoms with Crippen molar-refractivity contribution in [2.75, 3.05) is 13.1 Å². The molecule has 2 aromatic carbocycles. The molecule has 3 aliphatic heterocycles. The Balaban J connectivity index is 1.44. The number of nitrogens with zero attached hydrogens (tertiary/aromatic N) is 3. The molecule has 4 unspecified atom stereocenters. The van der Waals surface area contributed by atoms with Crippen LogP contribution in [0.1, 0.15) is 120 Å². The number of rotatable bonds is 6. The molecule has 2 bridgehead atoms. The Hall–Kier alpha value is -2.44. The third-order valence-electron chi connectivity index (χ3n) is 10.8. The molecule has 5 nitrogen and oxygen atoms in total. The van der Waals surface area contributed by atoms with Crippen LogP contribution in [0.25, 0.3) is 0 Å². The number of amides is 2. The first-order valence-corrected chi connectivity index (χ1v) is 16.9. The normalized spacial score (nSPS) is 26.4. The molecule has 0 saturated carbocycles. The van der Waals surface area contributed by atoms with E-state index in [0.29, 0.717) is 6.54 Å². The number of fused-ring (bicyclic) bond motifs is 2. The quantitative estimate of drug-likeness (QED) is 0.326. The Morgan fingerprint density at radius 3 is 2.14 bits per heavy atom. The van der Waals surface area contributed by atoms with Crippen LogP contribution in [0.4, 0.5) is 4.39 Å². The maximum atomic E-state index is 14.6. The van der Waals surface area contributed by atoms with Gasteiger partial charge in [-0.05, 0) is 133 Å². The summed E-state index contributed by atoms with van der Waals surface area (Å²) < 4.78 is 14.1. The van der Waals surface area contributed by atoms with Crippen LogP contribution in [-0.4, -0.2) is 63.3 Å². The van der Waals surface area contributed by atoms with Crippen molar-refractivity contribution >= 4 is 23.4 Å². The van der Waals surface area contributed by atoms with Gasteiger partial charge in [0, 0.05) is 54.6 Å². The zero-order valence-corrected chi connectivity index (χ0v) is 28.8. The highest BCUT2D eigenvalue weighted by Gasteiger charge is 2.50. The molecule has 5 rings (SSSR count). The molecule has 0 aliphatic carbocycles. The Morgan fingerprint density at radius 1 is 0.955 bits per heavy atom. The van der Waals surface area contributed by atoms with E-state index in [1.54, 1.807) is 13.0 Å². The summed E-state index contributed by atoms with van der Waals surface area (Å²) in [5, 5.41) is 0.756. The van der Waals surface area contributed by atoms with E-state index in [2.05, 4.69) is 63.5 Å². The van der Waals surface area contributed by atoms with Gasteiger partial charge in [-0.15, -0.1) is 0 Å². The van der Waals surface area contributed by atoms with E-state index in [-0.39, 0.29) is 65.1 Å². The fourth-order valence-corrected chi connectivity index (χ4v) is 8.79. The van der Waals surface area contributed by atoms with Crippen molar-refractivity contribution in [3.8, 4) is 0 Å². The van der Waals surface area contributed by atoms with Crippen molar-refractivity contribution in [3.05, 3.63) is 69.0 Å². The largest absolute Gasteiger partial charge is 0.336 e. The van der Waals surface area contributed by atoms with Gasteiger partial charge in [0.25, 0.3) is 0 Å². The first-order chi connectivity index (χ1) is 20.6. The average Bonchev–Trinajstić information content (AvgIpc) is 3.48. The van der Waals surface area contributed by atoms with Crippen molar-refractivity contribution in [1.82, 2.24) is 14.7 Å². The number of aryl methyl sites for hydroxylation is 2. The standard InChI is InChI=1S/C37H51ClFN3O2/c1-21(2)41(25(6)43)24(5)31-15-23(4)35(38)18-32(31)26-16-28-11-12-29(17-26)42(28)36(44)34-20-40(37(7,8)9)19-33(34)30-13-10-27(39)14-22(30)3/h10,13-15,18,21,24,26,28-29,33-34H,11-12,16-17,19-20H2,1-9H3/t24?,26?,28?,29?,33-,34?/m0/s1. The van der Waals surface area contributed by atoms with Crippen LogP contribution >= 0.6 is 11.6 Å². The second-order valence-corrected chi connectivity index (χ2v) is 15.4. The van der Waals surface area contributed by atoms with E-state index in [1.807, 2.05) is 24.8 Å². The monoisotopic (exact) mass is 623 g/mol. The molecule has 2 amide bonds. The highest BCUT2D eigenvalue weighted by atomic mass is 35.5. The number of likely N-dealkylation sites (tertiary alicyclic amines) is 1. The molecule has 5 atom stereocenters. The van der Waals surface area contributed by atoms with Gasteiger partial charge < -0.3 is 9.80 Å². The number of carbonyl (C=O) groups is 2. The van der Waals surface area contributed by atoms with E-state index < -0.39 is 0 Å². The zero-order valence-electron chi connectivity index (χ0n) is 28.1. The molecule has 240 valence electrons. The summed E-state index contributed by atoms with van der Waals surface area (Å²) in [5.41, 5.74) is 5.37. The fraction of sp³-hybridized carbons (Fsp3) is 0.622. The predicted octanol–water partition coefficient (Wildman–Crippen LogP) is 8.16. The van der Waals surface area contributed by atoms with Gasteiger partial charge >= 0.3 is 0 Å². The molecule has 44 heavy (non-hydrogen) atoms. The van der Waals surface area contributed by atoms with Crippen molar-refractivity contribution in [2.24, 2.45) is 5.92 Å². The molecule has 3 fully saturated rings. The van der Waals surface area contributed by atoms with E-state index >= 15 is 0 Å². The van der Waals surface area contributed by atoms with Gasteiger partial charge in [-0.1, -0.05) is 23.7 Å². The molecule has 0 radical (unpaired) electrons. The van der Waals surface area contributed by atoms with Crippen LogP contribution in [-0.2, 0) is 9.59 Å². The molecule has 2 aromatic rings. The number of carbonyl (C=O) groups excluding carboxylic acids is 2. The summed E-state index contributed by atoms with van der Waals surface area (Å²) >= 11 is 6.74. The number of hydrogen-bond donors (Lipinski definition) is 0. The fourth-order valence-electron chi connectivity index (χ4n) is 8.62. The lowest BCUT2D eigenvalue weighted by Gasteiger charge is -2.42. The summed E-state index contributed by atoms with van der Waals surface area (Å²) in [4.78, 5) is 33.9. The van der Waals surface area contributed by atoms with Crippen LogP contribution < -0.4 is 0 Å². The van der Waals surface area contributed by atoms with Gasteiger partial charge in [-0.2, -0.15) is 0 Å². The average molecular weight is 624 g/mol. The van der Waals surface area contributed by atoms with Gasteiger partial charge in [-0.3, -0.25) is 14.5 Å². The topological polar surface area (TPSA) is 43.9 Å². The first kappa shape index (κ1) is 32.9. The van der Waals surface area contributed by atoms with E-state index in [9.17, 15) is 14.0 Å². The second-order valence-electron chi connectivity index (χ2n) is 15.0. The number of hydrogen-bond acceptors (Lipinski definition) is 3. The lowest BCUT2D eigenvalue weighted by atomic mass is 9.79. The van der Waals surface area contributed by atoms with Gasteiger partial charge in [-0.25, -0.2) is 4.39 Å². The van der Waals surface area contributed by atoms with Crippen LogP contribution in [0.15, 0.2) is 30.3 Å². The zero-order chi connectivity index (χ0) is 32.2. The third kappa shape index (κ3) is 6.18. The van der Waals surface area contributed by atoms with Gasteiger partial charge in [0.1, 0.15) is 5.82 Å². The summed E-state index contributed by atoms with van der Waals surface area (Å²) in [6.45, 7) is 20.0. The summed E-state index contributed by atoms with van der Waals surface area (Å²) in [6.07, 6.45) is 3.83. The minimum Gasteiger partial charge on any atom is -0.336 e. The first-order valence-electron chi connectivity index (χ1n) is 16.5. The van der Waals surface area contributed by atoms with Crippen LogP contribution in [0.3, 0.4) is 0 Å². The van der Waals surface area contributed by atoms with Gasteiger partial charge in [0.15, 0.2) is 0 Å². The van der Waals surface area contributed by atoms with E-state index in [4.69, 9.17) is 11.6 Å². The third-order valence-corrected chi connectivity index (χ3v) is 11.2. The summed E-state index contributed by atoms with van der Waals surface area (Å²) in [7, 11) is 0. The van der Waals surface area contributed by atoms with Gasteiger partial charge in [0.2, 0.25) is 11.8 Å². The highest BCUT2D eigenvalue weighted by molar-refractivity contribution is 6.31. The Bertz CT molecular complexity index is 1400.